The summed E-state index contributed by atoms with van der Waals surface area (Å²) < 4.78 is 6.15. The third kappa shape index (κ3) is 3.44. The molecule has 1 heterocycles. The summed E-state index contributed by atoms with van der Waals surface area (Å²) in [6, 6.07) is 25.1. The molecule has 31 heavy (non-hydrogen) atoms. The molecule has 1 aliphatic carbocycles. The molecule has 0 radical (unpaired) electrons. The van der Waals surface area contributed by atoms with Crippen LogP contribution in [0.25, 0.3) is 11.1 Å². The third-order valence-corrected chi connectivity index (χ3v) is 6.17. The van der Waals surface area contributed by atoms with Crippen molar-refractivity contribution in [1.29, 1.82) is 0 Å². The summed E-state index contributed by atoms with van der Waals surface area (Å²) in [4.78, 5) is 27.2. The number of ether oxygens (including phenoxy) is 1. The molecule has 2 aliphatic rings. The lowest BCUT2D eigenvalue weighted by atomic mass is 9.78. The number of para-hydroxylation sites is 1. The summed E-state index contributed by atoms with van der Waals surface area (Å²) in [7, 11) is 0. The van der Waals surface area contributed by atoms with E-state index in [1.165, 1.54) is 4.90 Å². The lowest BCUT2D eigenvalue weighted by Crippen LogP contribution is -2.31. The first kappa shape index (κ1) is 19.3. The second-order valence-electron chi connectivity index (χ2n) is 8.13. The first-order chi connectivity index (χ1) is 15.1. The van der Waals surface area contributed by atoms with Gasteiger partial charge in [0.15, 0.2) is 0 Å². The van der Waals surface area contributed by atoms with Crippen LogP contribution in [-0.4, -0.2) is 11.8 Å². The second kappa shape index (κ2) is 7.88. The van der Waals surface area contributed by atoms with Crippen molar-refractivity contribution in [2.45, 2.75) is 13.3 Å². The van der Waals surface area contributed by atoms with Crippen LogP contribution in [0, 0.1) is 17.8 Å². The van der Waals surface area contributed by atoms with E-state index in [-0.39, 0.29) is 29.6 Å². The summed E-state index contributed by atoms with van der Waals surface area (Å²) in [5.41, 5.74) is 2.68. The van der Waals surface area contributed by atoms with Crippen molar-refractivity contribution < 1.29 is 14.3 Å². The van der Waals surface area contributed by atoms with Gasteiger partial charge < -0.3 is 4.74 Å². The highest BCUT2D eigenvalue weighted by molar-refractivity contribution is 6.22. The molecule has 1 fully saturated rings. The maximum Gasteiger partial charge on any atom is 0.238 e. The maximum absolute atomic E-state index is 13.0. The highest BCUT2D eigenvalue weighted by atomic mass is 16.5. The summed E-state index contributed by atoms with van der Waals surface area (Å²) in [5, 5.41) is 0. The van der Waals surface area contributed by atoms with Crippen molar-refractivity contribution in [3.63, 3.8) is 0 Å². The number of hydrogen-bond acceptors (Lipinski definition) is 3. The highest BCUT2D eigenvalue weighted by Crippen LogP contribution is 2.41. The molecular formula is C27H23NO3. The zero-order valence-electron chi connectivity index (χ0n) is 17.3. The monoisotopic (exact) mass is 409 g/mol. The number of fused-ring (bicyclic) bond motifs is 1. The van der Waals surface area contributed by atoms with Crippen LogP contribution >= 0.6 is 0 Å². The van der Waals surface area contributed by atoms with Gasteiger partial charge in [-0.25, -0.2) is 0 Å². The van der Waals surface area contributed by atoms with Gasteiger partial charge in [-0.15, -0.1) is 0 Å². The topological polar surface area (TPSA) is 46.6 Å². The molecule has 5 rings (SSSR count). The summed E-state index contributed by atoms with van der Waals surface area (Å²) >= 11 is 0. The number of carbonyl (C=O) groups is 2. The van der Waals surface area contributed by atoms with Crippen LogP contribution in [0.1, 0.15) is 13.3 Å². The number of imide groups is 1. The highest BCUT2D eigenvalue weighted by Gasteiger charge is 2.50. The fourth-order valence-corrected chi connectivity index (χ4v) is 4.60. The SMILES string of the molecule is CC1C=CCC2C(=O)N(c3ccc(Oc4ccccc4-c4ccccc4)cc3)C(=O)C12. The number of benzene rings is 3. The number of carbonyl (C=O) groups excluding carboxylic acids is 2. The van der Waals surface area contributed by atoms with Gasteiger partial charge in [-0.1, -0.05) is 67.6 Å². The average molecular weight is 409 g/mol. The minimum absolute atomic E-state index is 0.0808. The molecule has 3 atom stereocenters. The zero-order chi connectivity index (χ0) is 21.4. The molecule has 0 saturated carbocycles. The maximum atomic E-state index is 13.0. The predicted molar refractivity (Wildman–Crippen MR) is 121 cm³/mol. The number of rotatable bonds is 4. The van der Waals surface area contributed by atoms with E-state index in [4.69, 9.17) is 4.74 Å². The molecule has 4 heteroatoms. The molecule has 0 aromatic heterocycles. The second-order valence-corrected chi connectivity index (χ2v) is 8.13. The van der Waals surface area contributed by atoms with E-state index in [0.717, 1.165) is 16.9 Å². The quantitative estimate of drug-likeness (QED) is 0.401. The van der Waals surface area contributed by atoms with Crippen molar-refractivity contribution in [2.24, 2.45) is 17.8 Å². The van der Waals surface area contributed by atoms with E-state index < -0.39 is 0 Å². The van der Waals surface area contributed by atoms with Crippen LogP contribution in [0.15, 0.2) is 91.0 Å². The number of amides is 2. The molecule has 0 bridgehead atoms. The number of hydrogen-bond donors (Lipinski definition) is 0. The normalized spacial score (nSPS) is 22.5. The van der Waals surface area contributed by atoms with Crippen LogP contribution in [0.3, 0.4) is 0 Å². The third-order valence-electron chi connectivity index (χ3n) is 6.17. The fourth-order valence-electron chi connectivity index (χ4n) is 4.60. The first-order valence-corrected chi connectivity index (χ1v) is 10.6. The minimum atomic E-state index is -0.258. The van der Waals surface area contributed by atoms with Gasteiger partial charge in [-0.2, -0.15) is 0 Å². The van der Waals surface area contributed by atoms with Crippen molar-refractivity contribution in [2.75, 3.05) is 4.90 Å². The summed E-state index contributed by atoms with van der Waals surface area (Å²) in [6.45, 7) is 2.00. The molecule has 0 spiro atoms. The molecule has 2 amide bonds. The van der Waals surface area contributed by atoms with Crippen molar-refractivity contribution in [3.05, 3.63) is 91.0 Å². The number of anilines is 1. The molecule has 3 aromatic carbocycles. The van der Waals surface area contributed by atoms with Gasteiger partial charge in [-0.05, 0) is 48.2 Å². The average Bonchev–Trinajstić information content (AvgIpc) is 3.06. The van der Waals surface area contributed by atoms with Crippen LogP contribution in [0.4, 0.5) is 5.69 Å². The van der Waals surface area contributed by atoms with E-state index in [1.807, 2.05) is 73.7 Å². The Morgan fingerprint density at radius 3 is 2.29 bits per heavy atom. The molecular weight excluding hydrogens is 386 g/mol. The smallest absolute Gasteiger partial charge is 0.238 e. The number of allylic oxidation sites excluding steroid dienone is 2. The van der Waals surface area contributed by atoms with Gasteiger partial charge in [0, 0.05) is 5.56 Å². The molecule has 3 unspecified atom stereocenters. The molecule has 4 nitrogen and oxygen atoms in total. The van der Waals surface area contributed by atoms with E-state index in [9.17, 15) is 9.59 Å². The molecule has 3 aromatic rings. The van der Waals surface area contributed by atoms with Gasteiger partial charge >= 0.3 is 0 Å². The van der Waals surface area contributed by atoms with E-state index in [2.05, 4.69) is 0 Å². The van der Waals surface area contributed by atoms with Crippen molar-refractivity contribution in [1.82, 2.24) is 0 Å². The Kier molecular flexibility index (Phi) is 4.91. The Balaban J connectivity index is 1.39. The predicted octanol–water partition coefficient (Wildman–Crippen LogP) is 5.85. The first-order valence-electron chi connectivity index (χ1n) is 10.6. The Bertz CT molecular complexity index is 1150. The van der Waals surface area contributed by atoms with Crippen molar-refractivity contribution in [3.8, 4) is 22.6 Å². The Labute approximate surface area is 181 Å². The van der Waals surface area contributed by atoms with E-state index >= 15 is 0 Å². The van der Waals surface area contributed by atoms with Crippen LogP contribution < -0.4 is 9.64 Å². The molecule has 154 valence electrons. The lowest BCUT2D eigenvalue weighted by Gasteiger charge is -2.22. The van der Waals surface area contributed by atoms with Gasteiger partial charge in [-0.3, -0.25) is 14.5 Å². The zero-order valence-corrected chi connectivity index (χ0v) is 17.3. The van der Waals surface area contributed by atoms with E-state index in [1.54, 1.807) is 24.3 Å². The van der Waals surface area contributed by atoms with Gasteiger partial charge in [0.05, 0.1) is 17.5 Å². The Morgan fingerprint density at radius 2 is 1.55 bits per heavy atom. The van der Waals surface area contributed by atoms with Crippen LogP contribution in [0.5, 0.6) is 11.5 Å². The molecule has 1 aliphatic heterocycles. The number of nitrogens with zero attached hydrogens (tertiary/aromatic N) is 1. The standard InChI is InChI=1S/C27H23NO3/c1-18-8-7-12-23-25(18)27(30)28(26(23)29)20-14-16-21(17-15-20)31-24-13-6-5-11-22(24)19-9-3-2-4-10-19/h2-11,13-18,23,25H,12H2,1H3. The van der Waals surface area contributed by atoms with E-state index in [0.29, 0.717) is 17.9 Å². The summed E-state index contributed by atoms with van der Waals surface area (Å²) in [6.07, 6.45) is 4.69. The van der Waals surface area contributed by atoms with Gasteiger partial charge in [0.25, 0.3) is 0 Å². The largest absolute Gasteiger partial charge is 0.457 e. The Morgan fingerprint density at radius 1 is 0.839 bits per heavy atom. The fraction of sp³-hybridized carbons (Fsp3) is 0.185. The Hall–Kier alpha value is -3.66. The van der Waals surface area contributed by atoms with Gasteiger partial charge in [0.2, 0.25) is 11.8 Å². The minimum Gasteiger partial charge on any atom is -0.457 e. The van der Waals surface area contributed by atoms with Gasteiger partial charge in [0.1, 0.15) is 11.5 Å². The van der Waals surface area contributed by atoms with Crippen molar-refractivity contribution >= 4 is 17.5 Å². The lowest BCUT2D eigenvalue weighted by molar-refractivity contribution is -0.122. The summed E-state index contributed by atoms with van der Waals surface area (Å²) in [5.74, 6) is 0.772. The molecule has 0 N–H and O–H groups in total. The molecule has 1 saturated heterocycles. The van der Waals surface area contributed by atoms with Crippen LogP contribution in [0.2, 0.25) is 0 Å². The van der Waals surface area contributed by atoms with Crippen LogP contribution in [-0.2, 0) is 9.59 Å².